The zero-order valence-electron chi connectivity index (χ0n) is 17.2. The second kappa shape index (κ2) is 7.44. The number of hydrogen-bond acceptors (Lipinski definition) is 5. The fourth-order valence-corrected chi connectivity index (χ4v) is 4.16. The molecule has 8 nitrogen and oxygen atoms in total. The van der Waals surface area contributed by atoms with Gasteiger partial charge in [-0.2, -0.15) is 0 Å². The minimum Gasteiger partial charge on any atom is -0.490 e. The quantitative estimate of drug-likeness (QED) is 0.804. The van der Waals surface area contributed by atoms with E-state index in [4.69, 9.17) is 4.74 Å². The molecule has 2 aliphatic heterocycles. The van der Waals surface area contributed by atoms with Gasteiger partial charge < -0.3 is 19.9 Å². The molecular formula is C22H24N4O4. The number of rotatable bonds is 2. The van der Waals surface area contributed by atoms with Crippen molar-refractivity contribution in [2.75, 3.05) is 33.8 Å². The van der Waals surface area contributed by atoms with Gasteiger partial charge in [-0.25, -0.2) is 0 Å². The first-order valence-electron chi connectivity index (χ1n) is 9.79. The van der Waals surface area contributed by atoms with Crippen LogP contribution in [0.3, 0.4) is 0 Å². The molecule has 1 aromatic carbocycles. The fourth-order valence-electron chi connectivity index (χ4n) is 4.16. The number of nitrogens with zero attached hydrogens (tertiary/aromatic N) is 3. The number of amides is 3. The Bertz CT molecular complexity index is 1020. The maximum absolute atomic E-state index is 13.2. The summed E-state index contributed by atoms with van der Waals surface area (Å²) in [6.45, 7) is 2.22. The van der Waals surface area contributed by atoms with E-state index in [0.717, 1.165) is 0 Å². The van der Waals surface area contributed by atoms with E-state index >= 15 is 0 Å². The van der Waals surface area contributed by atoms with E-state index < -0.39 is 11.5 Å². The Morgan fingerprint density at radius 2 is 2.00 bits per heavy atom. The highest BCUT2D eigenvalue weighted by atomic mass is 16.5. The highest BCUT2D eigenvalue weighted by molar-refractivity contribution is 5.99. The zero-order valence-corrected chi connectivity index (χ0v) is 17.2. The van der Waals surface area contributed by atoms with Crippen LogP contribution in [0.25, 0.3) is 0 Å². The molecule has 2 aliphatic rings. The molecule has 1 fully saturated rings. The lowest BCUT2D eigenvalue weighted by atomic mass is 9.86. The molecule has 156 valence electrons. The molecule has 0 unspecified atom stereocenters. The van der Waals surface area contributed by atoms with E-state index in [2.05, 4.69) is 10.3 Å². The number of carbonyl (C=O) groups excluding carboxylic acids is 3. The number of aromatic nitrogens is 1. The van der Waals surface area contributed by atoms with E-state index in [9.17, 15) is 14.4 Å². The first-order chi connectivity index (χ1) is 14.3. The van der Waals surface area contributed by atoms with Crippen molar-refractivity contribution in [1.29, 1.82) is 0 Å². The van der Waals surface area contributed by atoms with E-state index in [1.807, 2.05) is 0 Å². The molecule has 1 spiro atoms. The number of aryl methyl sites for hydroxylation is 1. The Morgan fingerprint density at radius 1 is 1.23 bits per heavy atom. The minimum atomic E-state index is -1.02. The van der Waals surface area contributed by atoms with Gasteiger partial charge in [0.2, 0.25) is 5.91 Å². The molecule has 0 saturated carbocycles. The van der Waals surface area contributed by atoms with Crippen LogP contribution in [0, 0.1) is 12.8 Å². The third kappa shape index (κ3) is 3.28. The topological polar surface area (TPSA) is 91.8 Å². The Hall–Kier alpha value is -3.42. The monoisotopic (exact) mass is 408 g/mol. The summed E-state index contributed by atoms with van der Waals surface area (Å²) in [4.78, 5) is 46.5. The SMILES string of the molecule is Cc1ncccc1C(=O)N1C[C@H](C(=O)N(C)C)[C@]2(COc3ccccc3C(=O)N2)C1. The van der Waals surface area contributed by atoms with Crippen LogP contribution in [0.15, 0.2) is 42.6 Å². The largest absolute Gasteiger partial charge is 0.490 e. The third-order valence-corrected chi connectivity index (χ3v) is 5.79. The lowest BCUT2D eigenvalue weighted by molar-refractivity contribution is -0.134. The summed E-state index contributed by atoms with van der Waals surface area (Å²) in [5.41, 5.74) is 0.490. The normalized spacial score (nSPS) is 22.7. The van der Waals surface area contributed by atoms with Gasteiger partial charge in [0.25, 0.3) is 11.8 Å². The Morgan fingerprint density at radius 3 is 2.73 bits per heavy atom. The lowest BCUT2D eigenvalue weighted by Gasteiger charge is -2.33. The number of ether oxygens (including phenoxy) is 1. The molecule has 1 aromatic heterocycles. The Labute approximate surface area is 174 Å². The van der Waals surface area contributed by atoms with Gasteiger partial charge in [-0.05, 0) is 31.2 Å². The van der Waals surface area contributed by atoms with E-state index in [1.165, 1.54) is 4.90 Å². The van der Waals surface area contributed by atoms with Gasteiger partial charge in [0.05, 0.1) is 17.0 Å². The van der Waals surface area contributed by atoms with Crippen molar-refractivity contribution in [1.82, 2.24) is 20.1 Å². The second-order valence-corrected chi connectivity index (χ2v) is 8.00. The van der Waals surface area contributed by atoms with Crippen LogP contribution < -0.4 is 10.1 Å². The van der Waals surface area contributed by atoms with Crippen LogP contribution in [0.5, 0.6) is 5.75 Å². The standard InChI is InChI=1S/C22H24N4O4/c1-14-15(8-6-10-23-14)20(28)26-11-17(21(29)25(2)3)22(12-26)13-30-18-9-5-4-7-16(18)19(27)24-22/h4-10,17H,11-13H2,1-3H3,(H,24,27)/t17-,22-/m1/s1. The number of benzene rings is 1. The van der Waals surface area contributed by atoms with E-state index in [0.29, 0.717) is 22.6 Å². The number of para-hydroxylation sites is 1. The van der Waals surface area contributed by atoms with E-state index in [-0.39, 0.29) is 37.4 Å². The maximum Gasteiger partial charge on any atom is 0.255 e. The number of carbonyl (C=O) groups is 3. The summed E-state index contributed by atoms with van der Waals surface area (Å²) in [6.07, 6.45) is 1.63. The fraction of sp³-hybridized carbons (Fsp3) is 0.364. The van der Waals surface area contributed by atoms with Crippen molar-refractivity contribution in [2.45, 2.75) is 12.5 Å². The summed E-state index contributed by atoms with van der Waals surface area (Å²) >= 11 is 0. The van der Waals surface area contributed by atoms with Crippen molar-refractivity contribution in [3.8, 4) is 5.75 Å². The Kier molecular flexibility index (Phi) is 4.93. The minimum absolute atomic E-state index is 0.0931. The molecule has 0 radical (unpaired) electrons. The molecule has 1 N–H and O–H groups in total. The van der Waals surface area contributed by atoms with Crippen LogP contribution in [0.1, 0.15) is 26.4 Å². The van der Waals surface area contributed by atoms with Crippen molar-refractivity contribution in [3.63, 3.8) is 0 Å². The highest BCUT2D eigenvalue weighted by Gasteiger charge is 2.54. The summed E-state index contributed by atoms with van der Waals surface area (Å²) < 4.78 is 5.97. The summed E-state index contributed by atoms with van der Waals surface area (Å²) in [5.74, 6) is -0.859. The number of pyridine rings is 1. The van der Waals surface area contributed by atoms with Crippen LogP contribution in [-0.2, 0) is 4.79 Å². The molecule has 0 aliphatic carbocycles. The number of hydrogen-bond donors (Lipinski definition) is 1. The van der Waals surface area contributed by atoms with Crippen LogP contribution in [-0.4, -0.2) is 71.8 Å². The van der Waals surface area contributed by atoms with Gasteiger partial charge in [-0.3, -0.25) is 19.4 Å². The van der Waals surface area contributed by atoms with Gasteiger partial charge in [-0.15, -0.1) is 0 Å². The lowest BCUT2D eigenvalue weighted by Crippen LogP contribution is -2.60. The number of likely N-dealkylation sites (tertiary alicyclic amines) is 1. The summed E-state index contributed by atoms with van der Waals surface area (Å²) in [7, 11) is 3.33. The van der Waals surface area contributed by atoms with Gasteiger partial charge in [-0.1, -0.05) is 12.1 Å². The smallest absolute Gasteiger partial charge is 0.255 e. The molecule has 1 saturated heterocycles. The maximum atomic E-state index is 13.2. The van der Waals surface area contributed by atoms with Crippen molar-refractivity contribution in [2.24, 2.45) is 5.92 Å². The van der Waals surface area contributed by atoms with Crippen molar-refractivity contribution in [3.05, 3.63) is 59.4 Å². The van der Waals surface area contributed by atoms with Gasteiger partial charge in [0, 0.05) is 39.1 Å². The molecule has 30 heavy (non-hydrogen) atoms. The number of fused-ring (bicyclic) bond motifs is 1. The van der Waals surface area contributed by atoms with Crippen LogP contribution in [0.2, 0.25) is 0 Å². The first kappa shape index (κ1) is 19.9. The molecular weight excluding hydrogens is 384 g/mol. The highest BCUT2D eigenvalue weighted by Crippen LogP contribution is 2.35. The predicted molar refractivity (Wildman–Crippen MR) is 109 cm³/mol. The molecule has 3 heterocycles. The molecule has 3 amide bonds. The van der Waals surface area contributed by atoms with Gasteiger partial charge in [0.15, 0.2) is 0 Å². The Balaban J connectivity index is 1.70. The first-order valence-corrected chi connectivity index (χ1v) is 9.79. The summed E-state index contributed by atoms with van der Waals surface area (Å²) in [5, 5.41) is 3.03. The molecule has 4 rings (SSSR count). The van der Waals surface area contributed by atoms with Crippen molar-refractivity contribution >= 4 is 17.7 Å². The average molecular weight is 408 g/mol. The van der Waals surface area contributed by atoms with Gasteiger partial charge >= 0.3 is 0 Å². The average Bonchev–Trinajstić information content (AvgIpc) is 3.03. The van der Waals surface area contributed by atoms with Crippen LogP contribution >= 0.6 is 0 Å². The van der Waals surface area contributed by atoms with Gasteiger partial charge in [0.1, 0.15) is 17.9 Å². The van der Waals surface area contributed by atoms with E-state index in [1.54, 1.807) is 68.5 Å². The predicted octanol–water partition coefficient (Wildman–Crippen LogP) is 1.11. The molecule has 8 heteroatoms. The van der Waals surface area contributed by atoms with Crippen molar-refractivity contribution < 1.29 is 19.1 Å². The van der Waals surface area contributed by atoms with Crippen LogP contribution in [0.4, 0.5) is 0 Å². The summed E-state index contributed by atoms with van der Waals surface area (Å²) in [6, 6.07) is 10.4. The zero-order chi connectivity index (χ0) is 21.5. The molecule has 2 atom stereocenters. The molecule has 2 aromatic rings. The third-order valence-electron chi connectivity index (χ3n) is 5.79. The number of nitrogens with one attached hydrogen (secondary N) is 1. The molecule has 0 bridgehead atoms. The second-order valence-electron chi connectivity index (χ2n) is 8.00.